The van der Waals surface area contributed by atoms with Gasteiger partial charge in [0.15, 0.2) is 5.82 Å². The minimum absolute atomic E-state index is 0.0205. The second-order valence-corrected chi connectivity index (χ2v) is 3.79. The Balaban J connectivity index is 2.65. The predicted octanol–water partition coefficient (Wildman–Crippen LogP) is 1.43. The average Bonchev–Trinajstić information content (AvgIpc) is 2.23. The summed E-state index contributed by atoms with van der Waals surface area (Å²) < 4.78 is 1.67. The summed E-state index contributed by atoms with van der Waals surface area (Å²) in [7, 11) is 0. The van der Waals surface area contributed by atoms with Crippen molar-refractivity contribution in [3.8, 4) is 5.69 Å². The summed E-state index contributed by atoms with van der Waals surface area (Å²) >= 11 is 0. The zero-order chi connectivity index (χ0) is 11.7. The van der Waals surface area contributed by atoms with Crippen molar-refractivity contribution in [1.29, 1.82) is 0 Å². The van der Waals surface area contributed by atoms with E-state index in [0.29, 0.717) is 0 Å². The third kappa shape index (κ3) is 1.82. The highest BCUT2D eigenvalue weighted by Crippen LogP contribution is 2.10. The first kappa shape index (κ1) is 10.4. The van der Waals surface area contributed by atoms with Crippen LogP contribution in [-0.2, 0) is 0 Å². The van der Waals surface area contributed by atoms with E-state index in [9.17, 15) is 4.79 Å². The van der Waals surface area contributed by atoms with Gasteiger partial charge >= 0.3 is 0 Å². The Morgan fingerprint density at radius 2 is 2.00 bits per heavy atom. The van der Waals surface area contributed by atoms with Crippen LogP contribution in [0.2, 0.25) is 0 Å². The molecule has 1 aromatic heterocycles. The first-order chi connectivity index (χ1) is 7.58. The van der Waals surface area contributed by atoms with Crippen molar-refractivity contribution in [3.05, 3.63) is 51.8 Å². The highest BCUT2D eigenvalue weighted by atomic mass is 16.1. The molecule has 0 fully saturated rings. The highest BCUT2D eigenvalue weighted by Gasteiger charge is 2.04. The van der Waals surface area contributed by atoms with Crippen LogP contribution in [-0.4, -0.2) is 9.78 Å². The van der Waals surface area contributed by atoms with Crippen LogP contribution in [0.3, 0.4) is 0 Å². The lowest BCUT2D eigenvalue weighted by atomic mass is 10.2. The van der Waals surface area contributed by atoms with Crippen molar-refractivity contribution >= 4 is 5.82 Å². The summed E-state index contributed by atoms with van der Waals surface area (Å²) in [5.41, 5.74) is 8.10. The van der Waals surface area contributed by atoms with Gasteiger partial charge in [-0.15, -0.1) is 5.10 Å². The molecule has 1 aromatic carbocycles. The van der Waals surface area contributed by atoms with Gasteiger partial charge in [0.25, 0.3) is 0 Å². The molecule has 2 aromatic rings. The Hall–Kier alpha value is -2.10. The van der Waals surface area contributed by atoms with Crippen LogP contribution < -0.4 is 11.2 Å². The van der Waals surface area contributed by atoms with E-state index >= 15 is 0 Å². The number of nitrogens with zero attached hydrogens (tertiary/aromatic N) is 2. The molecule has 0 atom stereocenters. The van der Waals surface area contributed by atoms with E-state index in [1.165, 1.54) is 6.07 Å². The van der Waals surface area contributed by atoms with Gasteiger partial charge in [-0.2, -0.15) is 0 Å². The van der Waals surface area contributed by atoms with Crippen molar-refractivity contribution in [2.24, 2.45) is 0 Å². The van der Waals surface area contributed by atoms with Gasteiger partial charge < -0.3 is 5.73 Å². The molecule has 1 heterocycles. The van der Waals surface area contributed by atoms with Crippen molar-refractivity contribution in [1.82, 2.24) is 9.78 Å². The summed E-state index contributed by atoms with van der Waals surface area (Å²) in [4.78, 5) is 11.3. The number of benzene rings is 1. The maximum Gasteiger partial charge on any atom is 0.224 e. The number of rotatable bonds is 1. The van der Waals surface area contributed by atoms with Crippen molar-refractivity contribution in [2.75, 3.05) is 5.73 Å². The van der Waals surface area contributed by atoms with E-state index in [4.69, 9.17) is 5.73 Å². The molecule has 0 saturated heterocycles. The molecule has 0 aliphatic rings. The molecule has 0 radical (unpaired) electrons. The molecular weight excluding hydrogens is 202 g/mol. The Bertz CT molecular complexity index is 587. The molecule has 82 valence electrons. The molecule has 0 unspecified atom stereocenters. The minimum Gasteiger partial charge on any atom is -0.379 e. The van der Waals surface area contributed by atoms with Crippen molar-refractivity contribution in [3.63, 3.8) is 0 Å². The fourth-order valence-electron chi connectivity index (χ4n) is 1.58. The number of anilines is 1. The normalized spacial score (nSPS) is 10.4. The van der Waals surface area contributed by atoms with E-state index in [1.807, 2.05) is 38.1 Å². The third-order valence-corrected chi connectivity index (χ3v) is 2.38. The average molecular weight is 215 g/mol. The van der Waals surface area contributed by atoms with E-state index in [2.05, 4.69) is 5.10 Å². The second kappa shape index (κ2) is 3.81. The standard InChI is InChI=1S/C12H13N3O/c1-8-4-3-5-10(6-8)15-9(2)7-11(16)12(13)14-15/h3-7H,1-2H3,(H2,13,14). The largest absolute Gasteiger partial charge is 0.379 e. The number of aryl methyl sites for hydroxylation is 2. The molecular formula is C12H13N3O. The molecule has 0 bridgehead atoms. The van der Waals surface area contributed by atoms with Gasteiger partial charge in [0, 0.05) is 11.8 Å². The maximum atomic E-state index is 11.3. The zero-order valence-corrected chi connectivity index (χ0v) is 9.27. The molecule has 2 N–H and O–H groups in total. The van der Waals surface area contributed by atoms with Crippen LogP contribution >= 0.6 is 0 Å². The van der Waals surface area contributed by atoms with Crippen LogP contribution in [0.1, 0.15) is 11.3 Å². The highest BCUT2D eigenvalue weighted by molar-refractivity contribution is 5.38. The van der Waals surface area contributed by atoms with E-state index < -0.39 is 0 Å². The molecule has 2 rings (SSSR count). The molecule has 4 nitrogen and oxygen atoms in total. The summed E-state index contributed by atoms with van der Waals surface area (Å²) in [5.74, 6) is 0.0205. The number of hydrogen-bond donors (Lipinski definition) is 1. The van der Waals surface area contributed by atoms with Gasteiger partial charge in [-0.05, 0) is 31.5 Å². The summed E-state index contributed by atoms with van der Waals surface area (Å²) in [6.45, 7) is 3.83. The minimum atomic E-state index is -0.235. The lowest BCUT2D eigenvalue weighted by molar-refractivity contribution is 0.807. The summed E-state index contributed by atoms with van der Waals surface area (Å²) in [6.07, 6.45) is 0. The van der Waals surface area contributed by atoms with Crippen molar-refractivity contribution in [2.45, 2.75) is 13.8 Å². The fraction of sp³-hybridized carbons (Fsp3) is 0.167. The van der Waals surface area contributed by atoms with Gasteiger partial charge in [0.2, 0.25) is 5.43 Å². The lowest BCUT2D eigenvalue weighted by Crippen LogP contribution is -2.17. The fourth-order valence-corrected chi connectivity index (χ4v) is 1.58. The quantitative estimate of drug-likeness (QED) is 0.782. The smallest absolute Gasteiger partial charge is 0.224 e. The van der Waals surface area contributed by atoms with E-state index in [1.54, 1.807) is 4.68 Å². The SMILES string of the molecule is Cc1cccc(-n2nc(N)c(=O)cc2C)c1. The van der Waals surface area contributed by atoms with Crippen LogP contribution in [0.4, 0.5) is 5.82 Å². The number of aromatic nitrogens is 2. The Labute approximate surface area is 93.3 Å². The number of nitrogens with two attached hydrogens (primary N) is 1. The lowest BCUT2D eigenvalue weighted by Gasteiger charge is -2.10. The van der Waals surface area contributed by atoms with Crippen molar-refractivity contribution < 1.29 is 0 Å². The Morgan fingerprint density at radius 1 is 1.25 bits per heavy atom. The third-order valence-electron chi connectivity index (χ3n) is 2.38. The zero-order valence-electron chi connectivity index (χ0n) is 9.27. The van der Waals surface area contributed by atoms with Gasteiger partial charge in [-0.25, -0.2) is 4.68 Å². The maximum absolute atomic E-state index is 11.3. The van der Waals surface area contributed by atoms with E-state index in [-0.39, 0.29) is 11.2 Å². The Kier molecular flexibility index (Phi) is 2.48. The molecule has 16 heavy (non-hydrogen) atoms. The molecule has 0 amide bonds. The monoisotopic (exact) mass is 215 g/mol. The van der Waals surface area contributed by atoms with Crippen LogP contribution in [0, 0.1) is 13.8 Å². The molecule has 0 saturated carbocycles. The predicted molar refractivity (Wildman–Crippen MR) is 63.7 cm³/mol. The molecule has 4 heteroatoms. The van der Waals surface area contributed by atoms with Gasteiger partial charge in [0.05, 0.1) is 5.69 Å². The van der Waals surface area contributed by atoms with Gasteiger partial charge in [-0.1, -0.05) is 12.1 Å². The molecule has 0 spiro atoms. The summed E-state index contributed by atoms with van der Waals surface area (Å²) in [5, 5.41) is 4.07. The van der Waals surface area contributed by atoms with Crippen LogP contribution in [0.15, 0.2) is 35.1 Å². The molecule has 0 aliphatic heterocycles. The van der Waals surface area contributed by atoms with Crippen LogP contribution in [0.25, 0.3) is 5.69 Å². The van der Waals surface area contributed by atoms with Gasteiger partial charge in [0.1, 0.15) is 0 Å². The van der Waals surface area contributed by atoms with Gasteiger partial charge in [-0.3, -0.25) is 4.79 Å². The first-order valence-corrected chi connectivity index (χ1v) is 5.01. The molecule has 0 aliphatic carbocycles. The van der Waals surface area contributed by atoms with Crippen LogP contribution in [0.5, 0.6) is 0 Å². The topological polar surface area (TPSA) is 60.9 Å². The number of hydrogen-bond acceptors (Lipinski definition) is 3. The second-order valence-electron chi connectivity index (χ2n) is 3.79. The Morgan fingerprint density at radius 3 is 2.69 bits per heavy atom. The number of nitrogen functional groups attached to an aromatic ring is 1. The summed E-state index contributed by atoms with van der Waals surface area (Å²) in [6, 6.07) is 9.36. The van der Waals surface area contributed by atoms with E-state index in [0.717, 1.165) is 16.9 Å². The first-order valence-electron chi connectivity index (χ1n) is 5.01.